The summed E-state index contributed by atoms with van der Waals surface area (Å²) in [6.07, 6.45) is 1.73. The second-order valence-corrected chi connectivity index (χ2v) is 9.45. The fourth-order valence-corrected chi connectivity index (χ4v) is 4.70. The van der Waals surface area contributed by atoms with Crippen LogP contribution in [0, 0.1) is 0 Å². The van der Waals surface area contributed by atoms with Gasteiger partial charge < -0.3 is 19.5 Å². The van der Waals surface area contributed by atoms with E-state index < -0.39 is 5.97 Å². The van der Waals surface area contributed by atoms with E-state index in [2.05, 4.69) is 16.0 Å². The number of hydrogen-bond donors (Lipinski definition) is 0. The van der Waals surface area contributed by atoms with Crippen LogP contribution >= 0.6 is 11.3 Å². The van der Waals surface area contributed by atoms with Gasteiger partial charge in [-0.2, -0.15) is 0 Å². The molecule has 0 saturated heterocycles. The number of nitrogens with zero attached hydrogens (tertiary/aromatic N) is 3. The summed E-state index contributed by atoms with van der Waals surface area (Å²) in [7, 11) is 0. The number of anilines is 1. The van der Waals surface area contributed by atoms with Crippen molar-refractivity contribution in [2.75, 3.05) is 4.90 Å². The molecule has 0 unspecified atom stereocenters. The molecule has 0 N–H and O–H groups in total. The van der Waals surface area contributed by atoms with E-state index in [1.165, 1.54) is 0 Å². The Hall–Kier alpha value is -4.49. The van der Waals surface area contributed by atoms with E-state index in [4.69, 9.17) is 9.72 Å². The van der Waals surface area contributed by atoms with Gasteiger partial charge in [-0.1, -0.05) is 60.7 Å². The molecular weight excluding hydrogens is 482 g/mol. The maximum absolute atomic E-state index is 11.7. The van der Waals surface area contributed by atoms with Gasteiger partial charge in [0.15, 0.2) is 5.82 Å². The number of carboxylic acids is 1. The van der Waals surface area contributed by atoms with Crippen molar-refractivity contribution in [3.05, 3.63) is 130 Å². The summed E-state index contributed by atoms with van der Waals surface area (Å²) in [5.41, 5.74) is 2.81. The number of ether oxygens (including phenoxy) is 1. The molecule has 0 aliphatic heterocycles. The molecule has 0 radical (unpaired) electrons. The third-order valence-electron chi connectivity index (χ3n) is 5.85. The molecule has 5 rings (SSSR count). The van der Waals surface area contributed by atoms with Crippen molar-refractivity contribution in [2.24, 2.45) is 0 Å². The SMILES string of the molecule is O=C([O-])c1ccccc1CN(Cc1cccs1)c1ccnc(-c2ccc(OCc3ccccc3)cc2)n1. The summed E-state index contributed by atoms with van der Waals surface area (Å²) < 4.78 is 5.90. The normalized spacial score (nSPS) is 10.7. The van der Waals surface area contributed by atoms with Gasteiger partial charge >= 0.3 is 0 Å². The first kappa shape index (κ1) is 24.2. The molecule has 0 bridgehead atoms. The lowest BCUT2D eigenvalue weighted by molar-refractivity contribution is -0.255. The van der Waals surface area contributed by atoms with Gasteiger partial charge in [-0.15, -0.1) is 11.3 Å². The Morgan fingerprint density at radius 1 is 0.865 bits per heavy atom. The number of aromatic carboxylic acids is 1. The van der Waals surface area contributed by atoms with Gasteiger partial charge in [0.1, 0.15) is 18.2 Å². The Bertz CT molecular complexity index is 1460. The number of carbonyl (C=O) groups is 1. The van der Waals surface area contributed by atoms with Gasteiger partial charge in [0.2, 0.25) is 0 Å². The highest BCUT2D eigenvalue weighted by Gasteiger charge is 2.15. The van der Waals surface area contributed by atoms with E-state index in [1.807, 2.05) is 84.2 Å². The van der Waals surface area contributed by atoms with E-state index in [1.54, 1.807) is 29.7 Å². The number of carbonyl (C=O) groups excluding carboxylic acids is 1. The molecule has 0 aliphatic carbocycles. The molecule has 5 aromatic rings. The van der Waals surface area contributed by atoms with Crippen LogP contribution in [0.3, 0.4) is 0 Å². The maximum atomic E-state index is 11.7. The first-order valence-corrected chi connectivity index (χ1v) is 12.7. The van der Waals surface area contributed by atoms with Gasteiger partial charge in [0.25, 0.3) is 0 Å². The minimum absolute atomic E-state index is 0.180. The van der Waals surface area contributed by atoms with Crippen LogP contribution in [0.25, 0.3) is 11.4 Å². The summed E-state index contributed by atoms with van der Waals surface area (Å²) in [4.78, 5) is 24.2. The van der Waals surface area contributed by atoms with Crippen LogP contribution in [0.1, 0.15) is 26.4 Å². The smallest absolute Gasteiger partial charge is 0.161 e. The number of rotatable bonds is 10. The quantitative estimate of drug-likeness (QED) is 0.254. The van der Waals surface area contributed by atoms with Crippen molar-refractivity contribution in [1.29, 1.82) is 0 Å². The van der Waals surface area contributed by atoms with Crippen molar-refractivity contribution in [1.82, 2.24) is 9.97 Å². The van der Waals surface area contributed by atoms with Gasteiger partial charge in [0.05, 0.1) is 12.5 Å². The summed E-state index contributed by atoms with van der Waals surface area (Å²) >= 11 is 1.64. The molecule has 37 heavy (non-hydrogen) atoms. The predicted octanol–water partition coefficient (Wildman–Crippen LogP) is 5.35. The highest BCUT2D eigenvalue weighted by molar-refractivity contribution is 7.09. The Kier molecular flexibility index (Phi) is 7.52. The maximum Gasteiger partial charge on any atom is 0.161 e. The zero-order chi connectivity index (χ0) is 25.5. The van der Waals surface area contributed by atoms with Crippen LogP contribution in [-0.4, -0.2) is 15.9 Å². The lowest BCUT2D eigenvalue weighted by atomic mass is 10.1. The van der Waals surface area contributed by atoms with Crippen LogP contribution < -0.4 is 14.7 Å². The van der Waals surface area contributed by atoms with Crippen LogP contribution in [0.2, 0.25) is 0 Å². The van der Waals surface area contributed by atoms with Gasteiger partial charge in [-0.3, -0.25) is 0 Å². The zero-order valence-corrected chi connectivity index (χ0v) is 20.8. The van der Waals surface area contributed by atoms with E-state index in [-0.39, 0.29) is 5.56 Å². The molecule has 0 saturated carbocycles. The van der Waals surface area contributed by atoms with Crippen molar-refractivity contribution in [3.63, 3.8) is 0 Å². The molecule has 0 spiro atoms. The Balaban J connectivity index is 1.38. The molecule has 0 atom stereocenters. The van der Waals surface area contributed by atoms with E-state index >= 15 is 0 Å². The lowest BCUT2D eigenvalue weighted by Crippen LogP contribution is -2.28. The standard InChI is InChI=1S/C30H25N3O3S/c34-30(35)27-11-5-4-9-24(27)19-33(20-26-10-6-18-37-26)28-16-17-31-29(32-28)23-12-14-25(15-13-23)36-21-22-7-2-1-3-8-22/h1-18H,19-21H2,(H,34,35)/p-1. The van der Waals surface area contributed by atoms with Gasteiger partial charge in [-0.25, -0.2) is 9.97 Å². The molecular formula is C30H24N3O3S-. The summed E-state index contributed by atoms with van der Waals surface area (Å²) in [6, 6.07) is 30.5. The molecule has 6 nitrogen and oxygen atoms in total. The Morgan fingerprint density at radius 2 is 1.65 bits per heavy atom. The topological polar surface area (TPSA) is 78.4 Å². The van der Waals surface area contributed by atoms with Crippen LogP contribution in [0.4, 0.5) is 5.82 Å². The number of benzene rings is 3. The number of aromatic nitrogens is 2. The monoisotopic (exact) mass is 506 g/mol. The average molecular weight is 507 g/mol. The molecule has 0 aliphatic rings. The fourth-order valence-electron chi connectivity index (χ4n) is 3.98. The van der Waals surface area contributed by atoms with Gasteiger partial charge in [0, 0.05) is 28.7 Å². The molecule has 2 aromatic heterocycles. The molecule has 0 amide bonds. The fraction of sp³-hybridized carbons (Fsp3) is 0.100. The van der Waals surface area contributed by atoms with E-state index in [0.717, 1.165) is 21.8 Å². The van der Waals surface area contributed by atoms with E-state index in [9.17, 15) is 9.90 Å². The van der Waals surface area contributed by atoms with Crippen molar-refractivity contribution < 1.29 is 14.6 Å². The largest absolute Gasteiger partial charge is 0.545 e. The van der Waals surface area contributed by atoms with Gasteiger partial charge in [-0.05, 0) is 52.9 Å². The molecule has 184 valence electrons. The van der Waals surface area contributed by atoms with Crippen LogP contribution in [-0.2, 0) is 19.7 Å². The average Bonchev–Trinajstić information content (AvgIpc) is 3.46. The van der Waals surface area contributed by atoms with Crippen molar-refractivity contribution in [3.8, 4) is 17.1 Å². The van der Waals surface area contributed by atoms with Crippen LogP contribution in [0.15, 0.2) is 109 Å². The van der Waals surface area contributed by atoms with Crippen molar-refractivity contribution >= 4 is 23.1 Å². The number of carboxylic acid groups (broad SMARTS) is 1. The summed E-state index contributed by atoms with van der Waals surface area (Å²) in [5.74, 6) is 0.860. The lowest BCUT2D eigenvalue weighted by Gasteiger charge is -2.25. The highest BCUT2D eigenvalue weighted by Crippen LogP contribution is 2.25. The first-order valence-electron chi connectivity index (χ1n) is 11.8. The van der Waals surface area contributed by atoms with E-state index in [0.29, 0.717) is 36.9 Å². The Labute approximate surface area is 219 Å². The Morgan fingerprint density at radius 3 is 2.41 bits per heavy atom. The minimum Gasteiger partial charge on any atom is -0.545 e. The zero-order valence-electron chi connectivity index (χ0n) is 20.0. The third kappa shape index (κ3) is 6.20. The second kappa shape index (κ2) is 11.5. The summed E-state index contributed by atoms with van der Waals surface area (Å²) in [6.45, 7) is 1.45. The molecule has 2 heterocycles. The molecule has 0 fully saturated rings. The number of hydrogen-bond acceptors (Lipinski definition) is 7. The van der Waals surface area contributed by atoms with Crippen molar-refractivity contribution in [2.45, 2.75) is 19.7 Å². The summed E-state index contributed by atoms with van der Waals surface area (Å²) in [5, 5.41) is 13.7. The third-order valence-corrected chi connectivity index (χ3v) is 6.71. The minimum atomic E-state index is -1.19. The van der Waals surface area contributed by atoms with Crippen LogP contribution in [0.5, 0.6) is 5.75 Å². The molecule has 7 heteroatoms. The highest BCUT2D eigenvalue weighted by atomic mass is 32.1. The predicted molar refractivity (Wildman–Crippen MR) is 143 cm³/mol. The first-order chi connectivity index (χ1) is 18.2. The number of thiophene rings is 1. The molecule has 3 aromatic carbocycles. The second-order valence-electron chi connectivity index (χ2n) is 8.42.